The number of thiazole rings is 1. The average molecular weight is 282 g/mol. The second-order valence-corrected chi connectivity index (χ2v) is 4.98. The van der Waals surface area contributed by atoms with Crippen molar-refractivity contribution in [2.45, 2.75) is 6.92 Å². The number of hydrogen-bond acceptors (Lipinski definition) is 4. The van der Waals surface area contributed by atoms with E-state index in [0.717, 1.165) is 11.4 Å². The number of carbonyl (C=O) groups is 1. The number of hydrogen-bond donors (Lipinski definition) is 2. The van der Waals surface area contributed by atoms with Crippen LogP contribution in [0.4, 0.5) is 10.8 Å². The van der Waals surface area contributed by atoms with Crippen molar-refractivity contribution in [2.75, 3.05) is 17.7 Å². The first-order chi connectivity index (χ1) is 8.60. The van der Waals surface area contributed by atoms with Crippen LogP contribution in [0.15, 0.2) is 23.6 Å². The highest BCUT2D eigenvalue weighted by atomic mass is 35.5. The zero-order valence-corrected chi connectivity index (χ0v) is 11.5. The summed E-state index contributed by atoms with van der Waals surface area (Å²) in [6, 6.07) is 5.13. The molecular weight excluding hydrogens is 270 g/mol. The zero-order valence-electron chi connectivity index (χ0n) is 9.95. The van der Waals surface area contributed by atoms with Gasteiger partial charge in [-0.15, -0.1) is 11.3 Å². The zero-order chi connectivity index (χ0) is 13.1. The number of amides is 1. The number of nitrogens with one attached hydrogen (secondary N) is 2. The van der Waals surface area contributed by atoms with Crippen molar-refractivity contribution < 1.29 is 4.79 Å². The fourth-order valence-corrected chi connectivity index (χ4v) is 2.35. The standard InChI is InChI=1S/C12H12ClN3OS/c1-7-6-18-12(15-7)16-11(17)9-5-8(13)3-4-10(9)14-2/h3-6,14H,1-2H3,(H,15,16,17). The number of halogens is 1. The van der Waals surface area contributed by atoms with Crippen molar-refractivity contribution in [3.63, 3.8) is 0 Å². The summed E-state index contributed by atoms with van der Waals surface area (Å²) < 4.78 is 0. The SMILES string of the molecule is CNc1ccc(Cl)cc1C(=O)Nc1nc(C)cs1. The van der Waals surface area contributed by atoms with Crippen LogP contribution in [0.2, 0.25) is 5.02 Å². The number of anilines is 2. The Morgan fingerprint density at radius 3 is 2.83 bits per heavy atom. The summed E-state index contributed by atoms with van der Waals surface area (Å²) in [5, 5.41) is 8.70. The Kier molecular flexibility index (Phi) is 3.84. The molecule has 18 heavy (non-hydrogen) atoms. The minimum atomic E-state index is -0.226. The molecule has 0 atom stereocenters. The number of carbonyl (C=O) groups excluding carboxylic acids is 1. The number of nitrogens with zero attached hydrogens (tertiary/aromatic N) is 1. The molecule has 0 spiro atoms. The first-order valence-electron chi connectivity index (χ1n) is 5.31. The van der Waals surface area contributed by atoms with Gasteiger partial charge >= 0.3 is 0 Å². The lowest BCUT2D eigenvalue weighted by Crippen LogP contribution is -2.13. The minimum absolute atomic E-state index is 0.226. The molecule has 0 unspecified atom stereocenters. The molecule has 6 heteroatoms. The molecule has 0 radical (unpaired) electrons. The van der Waals surface area contributed by atoms with E-state index < -0.39 is 0 Å². The largest absolute Gasteiger partial charge is 0.387 e. The predicted molar refractivity (Wildman–Crippen MR) is 75.8 cm³/mol. The highest BCUT2D eigenvalue weighted by Crippen LogP contribution is 2.22. The molecule has 1 amide bonds. The summed E-state index contributed by atoms with van der Waals surface area (Å²) >= 11 is 7.30. The molecule has 0 aliphatic rings. The van der Waals surface area contributed by atoms with Crippen LogP contribution in [-0.2, 0) is 0 Å². The van der Waals surface area contributed by atoms with E-state index in [-0.39, 0.29) is 5.91 Å². The number of rotatable bonds is 3. The maximum atomic E-state index is 12.1. The highest BCUT2D eigenvalue weighted by Gasteiger charge is 2.13. The molecule has 0 aliphatic heterocycles. The third-order valence-electron chi connectivity index (χ3n) is 2.34. The molecule has 1 aromatic heterocycles. The molecule has 0 fully saturated rings. The molecule has 2 N–H and O–H groups in total. The first kappa shape index (κ1) is 12.9. The van der Waals surface area contributed by atoms with Gasteiger partial charge in [0.25, 0.3) is 5.91 Å². The van der Waals surface area contributed by atoms with Crippen molar-refractivity contribution >= 4 is 39.7 Å². The first-order valence-corrected chi connectivity index (χ1v) is 6.56. The fourth-order valence-electron chi connectivity index (χ4n) is 1.50. The summed E-state index contributed by atoms with van der Waals surface area (Å²) in [4.78, 5) is 16.3. The van der Waals surface area contributed by atoms with Gasteiger partial charge in [-0.25, -0.2) is 4.98 Å². The van der Waals surface area contributed by atoms with Gasteiger partial charge in [0.2, 0.25) is 0 Å². The molecule has 94 valence electrons. The van der Waals surface area contributed by atoms with E-state index in [1.54, 1.807) is 25.2 Å². The van der Waals surface area contributed by atoms with Crippen LogP contribution < -0.4 is 10.6 Å². The molecule has 0 aliphatic carbocycles. The van der Waals surface area contributed by atoms with Crippen LogP contribution in [0.3, 0.4) is 0 Å². The predicted octanol–water partition coefficient (Wildman–Crippen LogP) is 3.40. The van der Waals surface area contributed by atoms with Crippen LogP contribution in [0.25, 0.3) is 0 Å². The molecule has 0 saturated carbocycles. The van der Waals surface area contributed by atoms with Gasteiger partial charge in [-0.3, -0.25) is 10.1 Å². The Hall–Kier alpha value is -1.59. The summed E-state index contributed by atoms with van der Waals surface area (Å²) in [5.41, 5.74) is 2.11. The van der Waals surface area contributed by atoms with Crippen LogP contribution >= 0.6 is 22.9 Å². The Balaban J connectivity index is 2.25. The average Bonchev–Trinajstić information content (AvgIpc) is 2.74. The highest BCUT2D eigenvalue weighted by molar-refractivity contribution is 7.13. The molecule has 4 nitrogen and oxygen atoms in total. The van der Waals surface area contributed by atoms with E-state index >= 15 is 0 Å². The quantitative estimate of drug-likeness (QED) is 0.907. The van der Waals surface area contributed by atoms with Gasteiger partial charge in [0.1, 0.15) is 0 Å². The van der Waals surface area contributed by atoms with Gasteiger partial charge in [-0.2, -0.15) is 0 Å². The third kappa shape index (κ3) is 2.80. The topological polar surface area (TPSA) is 54.0 Å². The van der Waals surface area contributed by atoms with Crippen molar-refractivity contribution in [3.8, 4) is 0 Å². The minimum Gasteiger partial charge on any atom is -0.387 e. The molecule has 0 bridgehead atoms. The number of aromatic nitrogens is 1. The van der Waals surface area contributed by atoms with E-state index in [1.807, 2.05) is 12.3 Å². The summed E-state index contributed by atoms with van der Waals surface area (Å²) in [5.74, 6) is -0.226. The van der Waals surface area contributed by atoms with Crippen LogP contribution in [0.1, 0.15) is 16.1 Å². The van der Waals surface area contributed by atoms with Crippen LogP contribution in [0, 0.1) is 6.92 Å². The van der Waals surface area contributed by atoms with Crippen LogP contribution in [0.5, 0.6) is 0 Å². The molecule has 2 aromatic rings. The maximum absolute atomic E-state index is 12.1. The number of aryl methyl sites for hydroxylation is 1. The molecule has 1 aromatic carbocycles. The molecule has 0 saturated heterocycles. The maximum Gasteiger partial charge on any atom is 0.259 e. The molecular formula is C12H12ClN3OS. The normalized spacial score (nSPS) is 10.2. The third-order valence-corrected chi connectivity index (χ3v) is 3.45. The van der Waals surface area contributed by atoms with Crippen molar-refractivity contribution in [1.29, 1.82) is 0 Å². The lowest BCUT2D eigenvalue weighted by Gasteiger charge is -2.08. The van der Waals surface area contributed by atoms with E-state index in [4.69, 9.17) is 11.6 Å². The lowest BCUT2D eigenvalue weighted by atomic mass is 10.1. The Labute approximate surface area is 114 Å². The van der Waals surface area contributed by atoms with E-state index in [1.165, 1.54) is 11.3 Å². The van der Waals surface area contributed by atoms with Gasteiger partial charge in [0.05, 0.1) is 11.3 Å². The van der Waals surface area contributed by atoms with E-state index in [2.05, 4.69) is 15.6 Å². The fraction of sp³-hybridized carbons (Fsp3) is 0.167. The summed E-state index contributed by atoms with van der Waals surface area (Å²) in [6.07, 6.45) is 0. The van der Waals surface area contributed by atoms with Crippen molar-refractivity contribution in [1.82, 2.24) is 4.98 Å². The number of benzene rings is 1. The van der Waals surface area contributed by atoms with Gasteiger partial charge < -0.3 is 5.32 Å². The van der Waals surface area contributed by atoms with Gasteiger partial charge in [-0.1, -0.05) is 11.6 Å². The second kappa shape index (κ2) is 5.37. The summed E-state index contributed by atoms with van der Waals surface area (Å²) in [7, 11) is 1.76. The molecule has 1 heterocycles. The Bertz CT molecular complexity index is 582. The van der Waals surface area contributed by atoms with Gasteiger partial charge in [-0.05, 0) is 25.1 Å². The summed E-state index contributed by atoms with van der Waals surface area (Å²) in [6.45, 7) is 1.88. The Morgan fingerprint density at radius 2 is 2.22 bits per heavy atom. The van der Waals surface area contributed by atoms with Crippen molar-refractivity contribution in [2.24, 2.45) is 0 Å². The second-order valence-electron chi connectivity index (χ2n) is 3.69. The molecule has 2 rings (SSSR count). The Morgan fingerprint density at radius 1 is 1.44 bits per heavy atom. The van der Waals surface area contributed by atoms with Gasteiger partial charge in [0, 0.05) is 23.1 Å². The monoisotopic (exact) mass is 281 g/mol. The smallest absolute Gasteiger partial charge is 0.259 e. The lowest BCUT2D eigenvalue weighted by molar-refractivity contribution is 0.102. The van der Waals surface area contributed by atoms with Crippen LogP contribution in [-0.4, -0.2) is 17.9 Å². The van der Waals surface area contributed by atoms with E-state index in [9.17, 15) is 4.79 Å². The van der Waals surface area contributed by atoms with E-state index in [0.29, 0.717) is 15.7 Å². The van der Waals surface area contributed by atoms with Gasteiger partial charge in [0.15, 0.2) is 5.13 Å². The van der Waals surface area contributed by atoms with Crippen molar-refractivity contribution in [3.05, 3.63) is 39.9 Å².